The van der Waals surface area contributed by atoms with Crippen LogP contribution in [0.4, 0.5) is 11.4 Å². The quantitative estimate of drug-likeness (QED) is 0.496. The number of anilines is 1. The van der Waals surface area contributed by atoms with Gasteiger partial charge < -0.3 is 5.32 Å². The maximum absolute atomic E-state index is 11.4. The third-order valence-electron chi connectivity index (χ3n) is 4.99. The summed E-state index contributed by atoms with van der Waals surface area (Å²) < 4.78 is 0. The van der Waals surface area contributed by atoms with E-state index in [2.05, 4.69) is 42.6 Å². The van der Waals surface area contributed by atoms with E-state index < -0.39 is 0 Å². The number of nitrogens with zero attached hydrogens (tertiary/aromatic N) is 1. The van der Waals surface area contributed by atoms with Crippen LogP contribution in [0.3, 0.4) is 0 Å². The molecule has 1 aliphatic carbocycles. The maximum atomic E-state index is 11.4. The molecule has 3 atom stereocenters. The zero-order valence-corrected chi connectivity index (χ0v) is 12.9. The molecular weight excluding hydrogens is 288 g/mol. The van der Waals surface area contributed by atoms with Gasteiger partial charge in [-0.15, -0.1) is 0 Å². The van der Waals surface area contributed by atoms with Gasteiger partial charge in [-0.1, -0.05) is 48.0 Å². The van der Waals surface area contributed by atoms with E-state index in [1.807, 2.05) is 12.1 Å². The molecule has 0 saturated heterocycles. The molecule has 2 aromatic rings. The number of hydrogen-bond donors (Lipinski definition) is 1. The van der Waals surface area contributed by atoms with Gasteiger partial charge in [0.05, 0.1) is 16.5 Å². The van der Waals surface area contributed by atoms with Crippen LogP contribution in [0.25, 0.3) is 0 Å². The largest absolute Gasteiger partial charge is 0.377 e. The van der Waals surface area contributed by atoms with Crippen molar-refractivity contribution in [1.82, 2.24) is 0 Å². The minimum atomic E-state index is -0.279. The van der Waals surface area contributed by atoms with Crippen LogP contribution < -0.4 is 5.32 Å². The Kier molecular flexibility index (Phi) is 3.18. The van der Waals surface area contributed by atoms with E-state index >= 15 is 0 Å². The van der Waals surface area contributed by atoms with Crippen LogP contribution in [-0.2, 0) is 0 Å². The first-order chi connectivity index (χ1) is 11.1. The van der Waals surface area contributed by atoms with Gasteiger partial charge in [0.2, 0.25) is 0 Å². The average Bonchev–Trinajstić information content (AvgIpc) is 3.04. The van der Waals surface area contributed by atoms with Crippen LogP contribution in [0.5, 0.6) is 0 Å². The van der Waals surface area contributed by atoms with E-state index in [0.29, 0.717) is 11.8 Å². The number of nitrogens with one attached hydrogen (secondary N) is 1. The molecule has 2 aromatic carbocycles. The van der Waals surface area contributed by atoms with Crippen molar-refractivity contribution in [2.75, 3.05) is 5.32 Å². The Balaban J connectivity index is 1.83. The van der Waals surface area contributed by atoms with Crippen molar-refractivity contribution in [2.45, 2.75) is 25.3 Å². The Labute approximate surface area is 135 Å². The normalized spacial score (nSPS) is 24.7. The van der Waals surface area contributed by atoms with Gasteiger partial charge in [-0.25, -0.2) is 0 Å². The van der Waals surface area contributed by atoms with Crippen LogP contribution in [0.2, 0.25) is 0 Å². The summed E-state index contributed by atoms with van der Waals surface area (Å²) in [7, 11) is 0. The topological polar surface area (TPSA) is 55.2 Å². The molecule has 0 radical (unpaired) electrons. The first-order valence-electron chi connectivity index (χ1n) is 7.92. The van der Waals surface area contributed by atoms with Crippen molar-refractivity contribution in [3.8, 4) is 0 Å². The summed E-state index contributed by atoms with van der Waals surface area (Å²) in [6.07, 6.45) is 5.41. The van der Waals surface area contributed by atoms with E-state index in [1.54, 1.807) is 12.1 Å². The Morgan fingerprint density at radius 1 is 1.17 bits per heavy atom. The zero-order valence-electron chi connectivity index (χ0n) is 12.9. The molecule has 116 valence electrons. The van der Waals surface area contributed by atoms with Crippen molar-refractivity contribution in [2.24, 2.45) is 5.92 Å². The summed E-state index contributed by atoms with van der Waals surface area (Å²) >= 11 is 0. The number of fused-ring (bicyclic) bond motifs is 3. The lowest BCUT2D eigenvalue weighted by atomic mass is 9.76. The smallest absolute Gasteiger partial charge is 0.274 e. The molecule has 4 heteroatoms. The molecule has 4 nitrogen and oxygen atoms in total. The monoisotopic (exact) mass is 306 g/mol. The number of benzene rings is 2. The number of para-hydroxylation sites is 1. The Morgan fingerprint density at radius 2 is 2.00 bits per heavy atom. The predicted molar refractivity (Wildman–Crippen MR) is 90.6 cm³/mol. The van der Waals surface area contributed by atoms with E-state index in [-0.39, 0.29) is 16.7 Å². The van der Waals surface area contributed by atoms with E-state index in [4.69, 9.17) is 0 Å². The lowest BCUT2D eigenvalue weighted by Crippen LogP contribution is -2.29. The second kappa shape index (κ2) is 5.23. The summed E-state index contributed by atoms with van der Waals surface area (Å²) in [4.78, 5) is 11.1. The van der Waals surface area contributed by atoms with E-state index in [0.717, 1.165) is 17.7 Å². The van der Waals surface area contributed by atoms with Crippen molar-refractivity contribution in [1.29, 1.82) is 0 Å². The van der Waals surface area contributed by atoms with Gasteiger partial charge in [0, 0.05) is 17.7 Å². The molecule has 0 fully saturated rings. The fraction of sp³-hybridized carbons (Fsp3) is 0.263. The molecule has 1 N–H and O–H groups in total. The number of aryl methyl sites for hydroxylation is 1. The number of hydrogen-bond acceptors (Lipinski definition) is 3. The van der Waals surface area contributed by atoms with Gasteiger partial charge in [0.1, 0.15) is 0 Å². The highest BCUT2D eigenvalue weighted by Crippen LogP contribution is 2.51. The van der Waals surface area contributed by atoms with Gasteiger partial charge in [0.15, 0.2) is 0 Å². The fourth-order valence-electron chi connectivity index (χ4n) is 3.94. The highest BCUT2D eigenvalue weighted by atomic mass is 16.6. The number of rotatable bonds is 2. The van der Waals surface area contributed by atoms with Gasteiger partial charge in [-0.05, 0) is 30.9 Å². The molecule has 2 aliphatic rings. The second-order valence-electron chi connectivity index (χ2n) is 6.38. The van der Waals surface area contributed by atoms with Crippen LogP contribution >= 0.6 is 0 Å². The van der Waals surface area contributed by atoms with Gasteiger partial charge >= 0.3 is 0 Å². The summed E-state index contributed by atoms with van der Waals surface area (Å²) in [5.41, 5.74) is 4.62. The number of nitro groups is 1. The predicted octanol–water partition coefficient (Wildman–Crippen LogP) is 4.73. The van der Waals surface area contributed by atoms with E-state index in [1.165, 1.54) is 11.1 Å². The second-order valence-corrected chi connectivity index (χ2v) is 6.38. The maximum Gasteiger partial charge on any atom is 0.274 e. The first kappa shape index (κ1) is 14.0. The van der Waals surface area contributed by atoms with Gasteiger partial charge in [0.25, 0.3) is 5.69 Å². The van der Waals surface area contributed by atoms with Crippen molar-refractivity contribution < 1.29 is 4.92 Å². The molecule has 1 heterocycles. The fourth-order valence-corrected chi connectivity index (χ4v) is 3.94. The zero-order chi connectivity index (χ0) is 16.0. The van der Waals surface area contributed by atoms with Crippen molar-refractivity contribution in [3.05, 3.63) is 81.4 Å². The van der Waals surface area contributed by atoms with Crippen LogP contribution in [0.15, 0.2) is 54.6 Å². The highest BCUT2D eigenvalue weighted by Gasteiger charge is 2.40. The number of allylic oxidation sites excluding steroid dienone is 2. The van der Waals surface area contributed by atoms with Gasteiger partial charge in [-0.2, -0.15) is 0 Å². The van der Waals surface area contributed by atoms with Crippen molar-refractivity contribution >= 4 is 11.4 Å². The summed E-state index contributed by atoms with van der Waals surface area (Å²) in [5, 5.41) is 15.0. The average molecular weight is 306 g/mol. The molecule has 23 heavy (non-hydrogen) atoms. The van der Waals surface area contributed by atoms with Gasteiger partial charge in [-0.3, -0.25) is 10.1 Å². The SMILES string of the molecule is Cc1ccc2c(c1)[C@H]1C=CC[C@@H]1[C@H](c1ccccc1[N+](=O)[O-])N2. The Bertz CT molecular complexity index is 813. The van der Waals surface area contributed by atoms with Crippen LogP contribution in [-0.4, -0.2) is 4.92 Å². The molecule has 0 saturated carbocycles. The lowest BCUT2D eigenvalue weighted by molar-refractivity contribution is -0.385. The molecular formula is C19H18N2O2. The minimum Gasteiger partial charge on any atom is -0.377 e. The standard InChI is InChI=1S/C19H18N2O2/c1-12-9-10-17-16(11-12)13-6-4-7-14(13)19(20-17)15-5-2-3-8-18(15)21(22)23/h2-6,8-11,13-14,19-20H,7H2,1H3/t13-,14-,19+/m0/s1. The van der Waals surface area contributed by atoms with E-state index in [9.17, 15) is 10.1 Å². The summed E-state index contributed by atoms with van der Waals surface area (Å²) in [6, 6.07) is 13.5. The minimum absolute atomic E-state index is 0.0354. The molecule has 1 aliphatic heterocycles. The highest BCUT2D eigenvalue weighted by molar-refractivity contribution is 5.62. The molecule has 0 amide bonds. The molecule has 0 spiro atoms. The third-order valence-corrected chi connectivity index (χ3v) is 4.99. The lowest BCUT2D eigenvalue weighted by Gasteiger charge is -2.37. The summed E-state index contributed by atoms with van der Waals surface area (Å²) in [5.74, 6) is 0.654. The molecule has 4 rings (SSSR count). The molecule has 0 unspecified atom stereocenters. The summed E-state index contributed by atoms with van der Waals surface area (Å²) in [6.45, 7) is 2.10. The molecule has 0 bridgehead atoms. The third kappa shape index (κ3) is 2.22. The first-order valence-corrected chi connectivity index (χ1v) is 7.92. The Hall–Kier alpha value is -2.62. The van der Waals surface area contributed by atoms with Crippen LogP contribution in [0.1, 0.15) is 35.1 Å². The molecule has 0 aromatic heterocycles. The van der Waals surface area contributed by atoms with Crippen molar-refractivity contribution in [3.63, 3.8) is 0 Å². The van der Waals surface area contributed by atoms with Crippen LogP contribution in [0, 0.1) is 23.0 Å². The Morgan fingerprint density at radius 3 is 2.83 bits per heavy atom. The number of nitro benzene ring substituents is 1.